The van der Waals surface area contributed by atoms with Crippen LogP contribution in [0.5, 0.6) is 5.75 Å². The lowest BCUT2D eigenvalue weighted by atomic mass is 9.93. The van der Waals surface area contributed by atoms with Crippen molar-refractivity contribution in [3.8, 4) is 5.75 Å². The number of rotatable bonds is 1. The molecule has 2 nitrogen and oxygen atoms in total. The Labute approximate surface area is 92.6 Å². The minimum absolute atomic E-state index is 0.180. The third-order valence-electron chi connectivity index (χ3n) is 2.73. The predicted molar refractivity (Wildman–Crippen MR) is 60.6 cm³/mol. The van der Waals surface area contributed by atoms with Crippen LogP contribution in [0.1, 0.15) is 18.9 Å². The van der Waals surface area contributed by atoms with Gasteiger partial charge in [-0.05, 0) is 43.5 Å². The molecule has 1 aromatic carbocycles. The second kappa shape index (κ2) is 3.55. The van der Waals surface area contributed by atoms with Gasteiger partial charge in [0.25, 0.3) is 0 Å². The number of aryl methyl sites for hydroxylation is 1. The van der Waals surface area contributed by atoms with E-state index in [1.165, 1.54) is 5.56 Å². The molecule has 1 atom stereocenters. The van der Waals surface area contributed by atoms with Gasteiger partial charge in [0.15, 0.2) is 0 Å². The Morgan fingerprint density at radius 1 is 1.57 bits per heavy atom. The molecule has 2 N–H and O–H groups in total. The van der Waals surface area contributed by atoms with Crippen molar-refractivity contribution in [2.45, 2.75) is 25.4 Å². The molecule has 0 fully saturated rings. The number of nitrogens with two attached hydrogens (primary N) is 1. The highest BCUT2D eigenvalue weighted by molar-refractivity contribution is 9.10. The summed E-state index contributed by atoms with van der Waals surface area (Å²) in [5.74, 6) is 0.979. The lowest BCUT2D eigenvalue weighted by molar-refractivity contribution is 0.0738. The molecule has 0 aromatic heterocycles. The predicted octanol–water partition coefficient (Wildman–Crippen LogP) is 2.49. The number of ether oxygens (including phenoxy) is 1. The molecular weight excluding hydrogens is 242 g/mol. The molecule has 0 spiro atoms. The highest BCUT2D eigenvalue weighted by Gasteiger charge is 2.29. The summed E-state index contributed by atoms with van der Waals surface area (Å²) in [6.07, 6.45) is 2.04. The average Bonchev–Trinajstić information content (AvgIpc) is 2.19. The van der Waals surface area contributed by atoms with E-state index in [2.05, 4.69) is 28.9 Å². The largest absolute Gasteiger partial charge is 0.486 e. The van der Waals surface area contributed by atoms with Crippen molar-refractivity contribution >= 4 is 15.9 Å². The second-order valence-electron chi connectivity index (χ2n) is 4.01. The fourth-order valence-corrected chi connectivity index (χ4v) is 2.11. The third kappa shape index (κ3) is 1.79. The van der Waals surface area contributed by atoms with Gasteiger partial charge in [0.1, 0.15) is 11.4 Å². The lowest BCUT2D eigenvalue weighted by Crippen LogP contribution is -2.43. The van der Waals surface area contributed by atoms with Gasteiger partial charge >= 0.3 is 0 Å². The van der Waals surface area contributed by atoms with Crippen LogP contribution in [0.15, 0.2) is 22.7 Å². The van der Waals surface area contributed by atoms with E-state index in [9.17, 15) is 0 Å². The maximum Gasteiger partial charge on any atom is 0.123 e. The third-order valence-corrected chi connectivity index (χ3v) is 3.23. The zero-order valence-corrected chi connectivity index (χ0v) is 9.80. The minimum atomic E-state index is -0.180. The Kier molecular flexibility index (Phi) is 2.54. The van der Waals surface area contributed by atoms with Crippen LogP contribution < -0.4 is 10.5 Å². The van der Waals surface area contributed by atoms with Gasteiger partial charge in [-0.25, -0.2) is 0 Å². The lowest BCUT2D eigenvalue weighted by Gasteiger charge is -2.34. The van der Waals surface area contributed by atoms with Crippen molar-refractivity contribution in [2.24, 2.45) is 5.73 Å². The second-order valence-corrected chi connectivity index (χ2v) is 4.92. The summed E-state index contributed by atoms with van der Waals surface area (Å²) >= 11 is 3.46. The first kappa shape index (κ1) is 9.99. The van der Waals surface area contributed by atoms with Crippen LogP contribution in [0.3, 0.4) is 0 Å². The van der Waals surface area contributed by atoms with E-state index in [1.54, 1.807) is 0 Å². The molecule has 0 aliphatic carbocycles. The number of halogens is 1. The maximum absolute atomic E-state index is 5.88. The molecular formula is C11H14BrNO. The summed E-state index contributed by atoms with van der Waals surface area (Å²) in [5, 5.41) is 0. The monoisotopic (exact) mass is 255 g/mol. The molecule has 0 amide bonds. The summed E-state index contributed by atoms with van der Waals surface area (Å²) < 4.78 is 6.99. The highest BCUT2D eigenvalue weighted by Crippen LogP contribution is 2.34. The van der Waals surface area contributed by atoms with Crippen LogP contribution in [-0.4, -0.2) is 12.1 Å². The molecule has 0 saturated carbocycles. The van der Waals surface area contributed by atoms with E-state index in [0.717, 1.165) is 23.1 Å². The molecule has 14 heavy (non-hydrogen) atoms. The van der Waals surface area contributed by atoms with Gasteiger partial charge in [-0.1, -0.05) is 15.9 Å². The Hall–Kier alpha value is -0.540. The van der Waals surface area contributed by atoms with Gasteiger partial charge in [-0.3, -0.25) is 0 Å². The van der Waals surface area contributed by atoms with Gasteiger partial charge in [0.2, 0.25) is 0 Å². The van der Waals surface area contributed by atoms with Crippen LogP contribution >= 0.6 is 15.9 Å². The van der Waals surface area contributed by atoms with E-state index in [0.29, 0.717) is 6.54 Å². The molecule has 1 aliphatic rings. The van der Waals surface area contributed by atoms with E-state index >= 15 is 0 Å². The van der Waals surface area contributed by atoms with Gasteiger partial charge in [-0.2, -0.15) is 0 Å². The molecule has 1 heterocycles. The summed E-state index contributed by atoms with van der Waals surface area (Å²) in [6, 6.07) is 6.12. The Morgan fingerprint density at radius 2 is 2.36 bits per heavy atom. The number of benzene rings is 1. The Balaban J connectivity index is 2.31. The van der Waals surface area contributed by atoms with Crippen LogP contribution in [-0.2, 0) is 6.42 Å². The Morgan fingerprint density at radius 3 is 3.07 bits per heavy atom. The van der Waals surface area contributed by atoms with E-state index < -0.39 is 0 Å². The molecule has 76 valence electrons. The first-order valence-corrected chi connectivity index (χ1v) is 5.60. The van der Waals surface area contributed by atoms with Gasteiger partial charge < -0.3 is 10.5 Å². The van der Waals surface area contributed by atoms with Gasteiger partial charge in [0, 0.05) is 11.0 Å². The molecule has 3 heteroatoms. The summed E-state index contributed by atoms with van der Waals surface area (Å²) in [7, 11) is 0. The van der Waals surface area contributed by atoms with Crippen molar-refractivity contribution in [1.29, 1.82) is 0 Å². The highest BCUT2D eigenvalue weighted by atomic mass is 79.9. The number of hydrogen-bond donors (Lipinski definition) is 1. The fraction of sp³-hybridized carbons (Fsp3) is 0.455. The summed E-state index contributed by atoms with van der Waals surface area (Å²) in [5.41, 5.74) is 6.78. The topological polar surface area (TPSA) is 35.2 Å². The molecule has 1 unspecified atom stereocenters. The quantitative estimate of drug-likeness (QED) is 0.837. The number of fused-ring (bicyclic) bond motifs is 1. The van der Waals surface area contributed by atoms with Gasteiger partial charge in [-0.15, -0.1) is 0 Å². The van der Waals surface area contributed by atoms with Crippen LogP contribution in [0.4, 0.5) is 0 Å². The zero-order chi connectivity index (χ0) is 10.2. The average molecular weight is 256 g/mol. The molecule has 1 aliphatic heterocycles. The first-order valence-electron chi connectivity index (χ1n) is 4.80. The van der Waals surface area contributed by atoms with Crippen molar-refractivity contribution in [1.82, 2.24) is 0 Å². The van der Waals surface area contributed by atoms with Crippen LogP contribution in [0.25, 0.3) is 0 Å². The van der Waals surface area contributed by atoms with E-state index in [4.69, 9.17) is 10.5 Å². The van der Waals surface area contributed by atoms with Crippen molar-refractivity contribution < 1.29 is 4.74 Å². The first-order chi connectivity index (χ1) is 6.63. The molecule has 0 radical (unpaired) electrons. The number of hydrogen-bond acceptors (Lipinski definition) is 2. The molecule has 0 bridgehead atoms. The molecule has 2 rings (SSSR count). The maximum atomic E-state index is 5.88. The smallest absolute Gasteiger partial charge is 0.123 e. The van der Waals surface area contributed by atoms with E-state index in [1.807, 2.05) is 12.1 Å². The molecule has 1 aromatic rings. The zero-order valence-electron chi connectivity index (χ0n) is 8.22. The van der Waals surface area contributed by atoms with E-state index in [-0.39, 0.29) is 5.60 Å². The fourth-order valence-electron chi connectivity index (χ4n) is 1.70. The van der Waals surface area contributed by atoms with Gasteiger partial charge in [0.05, 0.1) is 0 Å². The van der Waals surface area contributed by atoms with Crippen molar-refractivity contribution in [3.63, 3.8) is 0 Å². The SMILES string of the molecule is CC1(CN)CCc2cc(Br)ccc2O1. The van der Waals surface area contributed by atoms with Crippen molar-refractivity contribution in [3.05, 3.63) is 28.2 Å². The van der Waals surface area contributed by atoms with Crippen LogP contribution in [0.2, 0.25) is 0 Å². The standard InChI is InChI=1S/C11H14BrNO/c1-11(7-13)5-4-8-6-9(12)2-3-10(8)14-11/h2-3,6H,4-5,7,13H2,1H3. The van der Waals surface area contributed by atoms with Crippen molar-refractivity contribution in [2.75, 3.05) is 6.54 Å². The normalized spacial score (nSPS) is 25.4. The molecule has 0 saturated heterocycles. The summed E-state index contributed by atoms with van der Waals surface area (Å²) in [6.45, 7) is 2.64. The minimum Gasteiger partial charge on any atom is -0.486 e. The van der Waals surface area contributed by atoms with Crippen LogP contribution in [0, 0.1) is 0 Å². The Bertz CT molecular complexity index is 353. The summed E-state index contributed by atoms with van der Waals surface area (Å²) in [4.78, 5) is 0.